The Morgan fingerprint density at radius 3 is 2.64 bits per heavy atom. The number of amides is 2. The minimum Gasteiger partial charge on any atom is -0.497 e. The van der Waals surface area contributed by atoms with E-state index in [1.807, 2.05) is 31.2 Å². The fourth-order valence-corrected chi connectivity index (χ4v) is 5.10. The Balaban J connectivity index is 1.73. The van der Waals surface area contributed by atoms with E-state index < -0.39 is 6.04 Å². The summed E-state index contributed by atoms with van der Waals surface area (Å²) in [7, 11) is 1.60. The topological polar surface area (TPSA) is 58.6 Å². The molecule has 2 amide bonds. The lowest BCUT2D eigenvalue weighted by molar-refractivity contribution is -0.139. The van der Waals surface area contributed by atoms with Crippen LogP contribution < -0.4 is 10.1 Å². The third-order valence-corrected chi connectivity index (χ3v) is 6.98. The van der Waals surface area contributed by atoms with Crippen LogP contribution in [-0.4, -0.2) is 41.7 Å². The largest absolute Gasteiger partial charge is 0.497 e. The normalized spacial score (nSPS) is 14.6. The van der Waals surface area contributed by atoms with Crippen LogP contribution >= 0.6 is 11.8 Å². The average Bonchev–Trinajstić information content (AvgIpc) is 3.33. The Bertz CT molecular complexity index is 933. The second-order valence-corrected chi connectivity index (χ2v) is 9.36. The molecule has 1 fully saturated rings. The van der Waals surface area contributed by atoms with Crippen LogP contribution in [0, 0.1) is 5.82 Å². The molecule has 0 heterocycles. The zero-order valence-corrected chi connectivity index (χ0v) is 20.2. The van der Waals surface area contributed by atoms with Crippen molar-refractivity contribution >= 4 is 23.6 Å². The van der Waals surface area contributed by atoms with E-state index in [1.54, 1.807) is 30.2 Å². The van der Waals surface area contributed by atoms with Gasteiger partial charge in [0.25, 0.3) is 0 Å². The molecule has 1 saturated carbocycles. The van der Waals surface area contributed by atoms with Crippen molar-refractivity contribution in [1.82, 2.24) is 10.2 Å². The molecule has 33 heavy (non-hydrogen) atoms. The molecular formula is C26H33FN2O3S. The second kappa shape index (κ2) is 12.6. The summed E-state index contributed by atoms with van der Waals surface area (Å²) in [4.78, 5) is 28.1. The Morgan fingerprint density at radius 1 is 1.18 bits per heavy atom. The summed E-state index contributed by atoms with van der Waals surface area (Å²) in [5, 5.41) is 3.15. The molecule has 0 saturated heterocycles. The van der Waals surface area contributed by atoms with E-state index >= 15 is 0 Å². The summed E-state index contributed by atoms with van der Waals surface area (Å²) in [5.41, 5.74) is 1.47. The molecule has 7 heteroatoms. The van der Waals surface area contributed by atoms with Gasteiger partial charge in [0.2, 0.25) is 11.8 Å². The van der Waals surface area contributed by atoms with E-state index in [1.165, 1.54) is 17.8 Å². The van der Waals surface area contributed by atoms with Gasteiger partial charge in [-0.3, -0.25) is 9.59 Å². The molecule has 5 nitrogen and oxygen atoms in total. The van der Waals surface area contributed by atoms with Crippen LogP contribution in [0.25, 0.3) is 0 Å². The van der Waals surface area contributed by atoms with E-state index in [0.717, 1.165) is 31.2 Å². The predicted octanol–water partition coefficient (Wildman–Crippen LogP) is 4.93. The lowest BCUT2D eigenvalue weighted by Gasteiger charge is -2.31. The van der Waals surface area contributed by atoms with Gasteiger partial charge in [-0.15, -0.1) is 11.8 Å². The molecular weight excluding hydrogens is 439 g/mol. The van der Waals surface area contributed by atoms with Crippen molar-refractivity contribution < 1.29 is 18.7 Å². The fraction of sp³-hybridized carbons (Fsp3) is 0.462. The first-order valence-corrected chi connectivity index (χ1v) is 12.7. The van der Waals surface area contributed by atoms with Crippen LogP contribution in [0.4, 0.5) is 4.39 Å². The molecule has 1 atom stereocenters. The lowest BCUT2D eigenvalue weighted by Crippen LogP contribution is -2.51. The van der Waals surface area contributed by atoms with Crippen molar-refractivity contribution in [1.29, 1.82) is 0 Å². The molecule has 2 aromatic rings. The monoisotopic (exact) mass is 472 g/mol. The van der Waals surface area contributed by atoms with Crippen molar-refractivity contribution in [2.75, 3.05) is 12.9 Å². The Kier molecular flexibility index (Phi) is 9.61. The van der Waals surface area contributed by atoms with Gasteiger partial charge in [-0.1, -0.05) is 50.1 Å². The van der Waals surface area contributed by atoms with Crippen LogP contribution in [0.1, 0.15) is 50.2 Å². The van der Waals surface area contributed by atoms with Crippen LogP contribution in [-0.2, 0) is 21.9 Å². The second-order valence-electron chi connectivity index (χ2n) is 8.37. The maximum absolute atomic E-state index is 13.9. The number of ether oxygens (including phenoxy) is 1. The van der Waals surface area contributed by atoms with E-state index in [0.29, 0.717) is 30.0 Å². The summed E-state index contributed by atoms with van der Waals surface area (Å²) in [6, 6.07) is 13.8. The number of hydrogen-bond donors (Lipinski definition) is 1. The Morgan fingerprint density at radius 2 is 1.94 bits per heavy atom. The van der Waals surface area contributed by atoms with Crippen LogP contribution in [0.5, 0.6) is 5.75 Å². The highest BCUT2D eigenvalue weighted by atomic mass is 32.2. The van der Waals surface area contributed by atoms with Crippen LogP contribution in [0.3, 0.4) is 0 Å². The van der Waals surface area contributed by atoms with Gasteiger partial charge in [-0.05, 0) is 48.6 Å². The number of nitrogens with zero attached hydrogens (tertiary/aromatic N) is 1. The van der Waals surface area contributed by atoms with Crippen molar-refractivity contribution in [2.45, 2.75) is 63.4 Å². The van der Waals surface area contributed by atoms with Gasteiger partial charge in [0, 0.05) is 18.3 Å². The molecule has 0 radical (unpaired) electrons. The Hall–Kier alpha value is -2.54. The molecule has 0 spiro atoms. The van der Waals surface area contributed by atoms with Gasteiger partial charge in [-0.25, -0.2) is 4.39 Å². The zero-order valence-electron chi connectivity index (χ0n) is 19.4. The van der Waals surface area contributed by atoms with E-state index in [-0.39, 0.29) is 29.4 Å². The lowest BCUT2D eigenvalue weighted by atomic mass is 10.1. The number of halogens is 1. The van der Waals surface area contributed by atoms with E-state index in [4.69, 9.17) is 4.74 Å². The summed E-state index contributed by atoms with van der Waals surface area (Å²) in [6.07, 6.45) is 4.75. The standard InChI is InChI=1S/C26H33FN2O3S/c1-3-24(26(31)28-21-11-5-6-12-21)29(16-19-9-8-13-22(15-19)32-2)25(30)18-33-17-20-10-4-7-14-23(20)27/h4,7-10,13-15,21,24H,3,5-6,11-12,16-18H2,1-2H3,(H,28,31)/t24-/m1/s1. The summed E-state index contributed by atoms with van der Waals surface area (Å²) < 4.78 is 19.3. The average molecular weight is 473 g/mol. The van der Waals surface area contributed by atoms with Crippen molar-refractivity contribution in [3.8, 4) is 5.75 Å². The number of hydrogen-bond acceptors (Lipinski definition) is 4. The first-order valence-electron chi connectivity index (χ1n) is 11.6. The number of benzene rings is 2. The summed E-state index contributed by atoms with van der Waals surface area (Å²) in [5.74, 6) is 0.778. The van der Waals surface area contributed by atoms with Gasteiger partial charge in [0.05, 0.1) is 12.9 Å². The molecule has 3 rings (SSSR count). The number of thioether (sulfide) groups is 1. The molecule has 0 bridgehead atoms. The first-order chi connectivity index (χ1) is 16.0. The van der Waals surface area contributed by atoms with Crippen molar-refractivity contribution in [2.24, 2.45) is 0 Å². The number of carbonyl (C=O) groups is 2. The molecule has 0 unspecified atom stereocenters. The minimum absolute atomic E-state index is 0.0975. The van der Waals surface area contributed by atoms with Gasteiger partial charge in [-0.2, -0.15) is 0 Å². The van der Waals surface area contributed by atoms with Crippen LogP contribution in [0.15, 0.2) is 48.5 Å². The highest BCUT2D eigenvalue weighted by Crippen LogP contribution is 2.22. The smallest absolute Gasteiger partial charge is 0.243 e. The summed E-state index contributed by atoms with van der Waals surface area (Å²) in [6.45, 7) is 2.24. The van der Waals surface area contributed by atoms with E-state index in [2.05, 4.69) is 5.32 Å². The molecule has 178 valence electrons. The molecule has 1 aliphatic carbocycles. The highest BCUT2D eigenvalue weighted by molar-refractivity contribution is 7.99. The Labute approximate surface area is 200 Å². The number of carbonyl (C=O) groups excluding carboxylic acids is 2. The van der Waals surface area contributed by atoms with Crippen molar-refractivity contribution in [3.63, 3.8) is 0 Å². The number of rotatable bonds is 11. The van der Waals surface area contributed by atoms with Crippen molar-refractivity contribution in [3.05, 3.63) is 65.5 Å². The minimum atomic E-state index is -0.557. The highest BCUT2D eigenvalue weighted by Gasteiger charge is 2.30. The fourth-order valence-electron chi connectivity index (χ4n) is 4.20. The number of methoxy groups -OCH3 is 1. The molecule has 0 aliphatic heterocycles. The summed E-state index contributed by atoms with van der Waals surface area (Å²) >= 11 is 1.36. The SMILES string of the molecule is CC[C@H](C(=O)NC1CCCC1)N(Cc1cccc(OC)c1)C(=O)CSCc1ccccc1F. The number of nitrogens with one attached hydrogen (secondary N) is 1. The predicted molar refractivity (Wildman–Crippen MR) is 131 cm³/mol. The van der Waals surface area contributed by atoms with Gasteiger partial charge in [0.1, 0.15) is 17.6 Å². The molecule has 1 N–H and O–H groups in total. The first kappa shape index (κ1) is 25.1. The molecule has 1 aliphatic rings. The van der Waals surface area contributed by atoms with Gasteiger partial charge >= 0.3 is 0 Å². The third kappa shape index (κ3) is 7.22. The van der Waals surface area contributed by atoms with Gasteiger partial charge < -0.3 is 15.0 Å². The maximum Gasteiger partial charge on any atom is 0.243 e. The quantitative estimate of drug-likeness (QED) is 0.504. The van der Waals surface area contributed by atoms with Gasteiger partial charge in [0.15, 0.2) is 0 Å². The van der Waals surface area contributed by atoms with Crippen LogP contribution in [0.2, 0.25) is 0 Å². The zero-order chi connectivity index (χ0) is 23.6. The maximum atomic E-state index is 13.9. The molecule has 2 aromatic carbocycles. The van der Waals surface area contributed by atoms with E-state index in [9.17, 15) is 14.0 Å². The third-order valence-electron chi connectivity index (χ3n) is 6.02. The molecule has 0 aromatic heterocycles.